The van der Waals surface area contributed by atoms with Gasteiger partial charge in [0.05, 0.1) is 11.7 Å². The van der Waals surface area contributed by atoms with Gasteiger partial charge < -0.3 is 4.74 Å². The van der Waals surface area contributed by atoms with Crippen molar-refractivity contribution in [2.45, 2.75) is 76.9 Å². The average molecular weight is 196 g/mol. The number of rotatable bonds is 5. The Balaban J connectivity index is 1.59. The molecule has 0 spiro atoms. The van der Waals surface area contributed by atoms with Crippen LogP contribution in [0.25, 0.3) is 0 Å². The van der Waals surface area contributed by atoms with Gasteiger partial charge in [0, 0.05) is 0 Å². The van der Waals surface area contributed by atoms with E-state index in [1.165, 1.54) is 51.4 Å². The van der Waals surface area contributed by atoms with Crippen LogP contribution in [0.5, 0.6) is 0 Å². The summed E-state index contributed by atoms with van der Waals surface area (Å²) in [4.78, 5) is 0. The van der Waals surface area contributed by atoms with Crippen molar-refractivity contribution >= 4 is 0 Å². The summed E-state index contributed by atoms with van der Waals surface area (Å²) in [6.07, 6.45) is 11.8. The third kappa shape index (κ3) is 2.31. The van der Waals surface area contributed by atoms with Crippen molar-refractivity contribution < 1.29 is 4.74 Å². The molecule has 0 aromatic rings. The summed E-state index contributed by atoms with van der Waals surface area (Å²) < 4.78 is 5.72. The van der Waals surface area contributed by atoms with Crippen molar-refractivity contribution in [2.24, 2.45) is 5.92 Å². The molecule has 0 bridgehead atoms. The van der Waals surface area contributed by atoms with Crippen LogP contribution in [0.15, 0.2) is 0 Å². The Hall–Kier alpha value is -0.0400. The largest absolute Gasteiger partial charge is 0.366 e. The molecule has 3 unspecified atom stereocenters. The van der Waals surface area contributed by atoms with Crippen molar-refractivity contribution in [1.82, 2.24) is 0 Å². The molecule has 1 saturated carbocycles. The lowest BCUT2D eigenvalue weighted by molar-refractivity contribution is 0.298. The van der Waals surface area contributed by atoms with Crippen molar-refractivity contribution in [1.29, 1.82) is 0 Å². The Labute approximate surface area is 88.2 Å². The predicted octanol–water partition coefficient (Wildman–Crippen LogP) is 3.91. The highest BCUT2D eigenvalue weighted by atomic mass is 16.6. The third-order valence-electron chi connectivity index (χ3n) is 4.10. The molecule has 1 nitrogen and oxygen atoms in total. The molecule has 1 aliphatic carbocycles. The van der Waals surface area contributed by atoms with Gasteiger partial charge in [-0.1, -0.05) is 39.0 Å². The van der Waals surface area contributed by atoms with E-state index in [9.17, 15) is 0 Å². The van der Waals surface area contributed by atoms with Gasteiger partial charge in [0.15, 0.2) is 0 Å². The maximum absolute atomic E-state index is 5.72. The van der Waals surface area contributed by atoms with E-state index in [0.29, 0.717) is 11.7 Å². The minimum absolute atomic E-state index is 0.319. The van der Waals surface area contributed by atoms with Crippen LogP contribution in [0, 0.1) is 5.92 Å². The molecule has 2 aliphatic rings. The minimum atomic E-state index is 0.319. The lowest BCUT2D eigenvalue weighted by Crippen LogP contribution is -2.21. The van der Waals surface area contributed by atoms with Crippen molar-refractivity contribution in [2.75, 3.05) is 0 Å². The van der Waals surface area contributed by atoms with Crippen LogP contribution in [-0.2, 0) is 4.74 Å². The molecular formula is C13H24O. The molecule has 2 rings (SSSR count). The Morgan fingerprint density at radius 2 is 2.14 bits per heavy atom. The van der Waals surface area contributed by atoms with Gasteiger partial charge in [-0.05, 0) is 32.1 Å². The fourth-order valence-electron chi connectivity index (χ4n) is 2.84. The molecule has 82 valence electrons. The quantitative estimate of drug-likeness (QED) is 0.479. The smallest absolute Gasteiger partial charge is 0.0920 e. The molecular weight excluding hydrogens is 172 g/mol. The van der Waals surface area contributed by atoms with Gasteiger partial charge in [0.25, 0.3) is 0 Å². The molecule has 0 aromatic carbocycles. The highest BCUT2D eigenvalue weighted by Gasteiger charge is 2.54. The first-order valence-electron chi connectivity index (χ1n) is 6.42. The van der Waals surface area contributed by atoms with Crippen LogP contribution in [0.1, 0.15) is 65.2 Å². The first-order chi connectivity index (χ1) is 6.74. The van der Waals surface area contributed by atoms with E-state index in [0.717, 1.165) is 5.92 Å². The zero-order chi connectivity index (χ0) is 10.0. The Bertz CT molecular complexity index is 190. The van der Waals surface area contributed by atoms with Gasteiger partial charge in [-0.15, -0.1) is 0 Å². The maximum Gasteiger partial charge on any atom is 0.0920 e. The molecule has 0 radical (unpaired) electrons. The van der Waals surface area contributed by atoms with Crippen LogP contribution >= 0.6 is 0 Å². The van der Waals surface area contributed by atoms with Gasteiger partial charge in [0.2, 0.25) is 0 Å². The molecule has 3 atom stereocenters. The lowest BCUT2D eigenvalue weighted by atomic mass is 9.80. The minimum Gasteiger partial charge on any atom is -0.366 e. The maximum atomic E-state index is 5.72. The van der Waals surface area contributed by atoms with Gasteiger partial charge in [-0.3, -0.25) is 0 Å². The van der Waals surface area contributed by atoms with E-state index in [2.05, 4.69) is 13.8 Å². The van der Waals surface area contributed by atoms with E-state index in [1.54, 1.807) is 0 Å². The number of hydrogen-bond donors (Lipinski definition) is 0. The van der Waals surface area contributed by atoms with Crippen LogP contribution in [0.2, 0.25) is 0 Å². The second kappa shape index (κ2) is 4.22. The number of epoxide rings is 1. The first kappa shape index (κ1) is 10.5. The van der Waals surface area contributed by atoms with E-state index >= 15 is 0 Å². The van der Waals surface area contributed by atoms with Crippen LogP contribution in [-0.4, -0.2) is 11.7 Å². The van der Waals surface area contributed by atoms with E-state index in [-0.39, 0.29) is 0 Å². The SMILES string of the molecule is CCCCCCC1CCC2(C)OC2C1. The Kier molecular flexibility index (Phi) is 3.16. The Morgan fingerprint density at radius 3 is 2.86 bits per heavy atom. The summed E-state index contributed by atoms with van der Waals surface area (Å²) in [5, 5.41) is 0. The normalized spacial score (nSPS) is 40.7. The zero-order valence-corrected chi connectivity index (χ0v) is 9.72. The van der Waals surface area contributed by atoms with Gasteiger partial charge in [-0.25, -0.2) is 0 Å². The summed E-state index contributed by atoms with van der Waals surface area (Å²) in [7, 11) is 0. The van der Waals surface area contributed by atoms with Gasteiger partial charge >= 0.3 is 0 Å². The van der Waals surface area contributed by atoms with Crippen molar-refractivity contribution in [3.63, 3.8) is 0 Å². The zero-order valence-electron chi connectivity index (χ0n) is 9.72. The summed E-state index contributed by atoms with van der Waals surface area (Å²) in [6, 6.07) is 0. The second-order valence-electron chi connectivity index (χ2n) is 5.41. The number of fused-ring (bicyclic) bond motifs is 1. The fourth-order valence-corrected chi connectivity index (χ4v) is 2.84. The number of ether oxygens (including phenoxy) is 1. The van der Waals surface area contributed by atoms with Crippen molar-refractivity contribution in [3.8, 4) is 0 Å². The molecule has 1 heterocycles. The standard InChI is InChI=1S/C13H24O/c1-3-4-5-6-7-11-8-9-13(2)12(10-11)14-13/h11-12H,3-10H2,1-2H3. The first-order valence-corrected chi connectivity index (χ1v) is 6.42. The van der Waals surface area contributed by atoms with Crippen LogP contribution in [0.3, 0.4) is 0 Å². The molecule has 1 saturated heterocycles. The van der Waals surface area contributed by atoms with E-state index in [1.807, 2.05) is 0 Å². The van der Waals surface area contributed by atoms with Gasteiger partial charge in [0.1, 0.15) is 0 Å². The molecule has 14 heavy (non-hydrogen) atoms. The molecule has 0 aromatic heterocycles. The topological polar surface area (TPSA) is 12.5 Å². The highest BCUT2D eigenvalue weighted by molar-refractivity contribution is 5.03. The summed E-state index contributed by atoms with van der Waals surface area (Å²) >= 11 is 0. The monoisotopic (exact) mass is 196 g/mol. The fraction of sp³-hybridized carbons (Fsp3) is 1.00. The van der Waals surface area contributed by atoms with E-state index < -0.39 is 0 Å². The summed E-state index contributed by atoms with van der Waals surface area (Å²) in [5.74, 6) is 0.979. The Morgan fingerprint density at radius 1 is 1.29 bits per heavy atom. The lowest BCUT2D eigenvalue weighted by Gasteiger charge is -2.22. The average Bonchev–Trinajstić information content (AvgIpc) is 2.84. The second-order valence-corrected chi connectivity index (χ2v) is 5.41. The summed E-state index contributed by atoms with van der Waals surface area (Å²) in [6.45, 7) is 4.56. The van der Waals surface area contributed by atoms with Crippen LogP contribution in [0.4, 0.5) is 0 Å². The molecule has 1 heteroatoms. The molecule has 0 N–H and O–H groups in total. The predicted molar refractivity (Wildman–Crippen MR) is 59.4 cm³/mol. The number of hydrogen-bond acceptors (Lipinski definition) is 1. The molecule has 0 amide bonds. The third-order valence-corrected chi connectivity index (χ3v) is 4.10. The van der Waals surface area contributed by atoms with E-state index in [4.69, 9.17) is 4.74 Å². The molecule has 1 aliphatic heterocycles. The highest BCUT2D eigenvalue weighted by Crippen LogP contribution is 2.50. The van der Waals surface area contributed by atoms with Crippen molar-refractivity contribution in [3.05, 3.63) is 0 Å². The van der Waals surface area contributed by atoms with Gasteiger partial charge in [-0.2, -0.15) is 0 Å². The summed E-state index contributed by atoms with van der Waals surface area (Å²) in [5.41, 5.74) is 0.319. The number of unbranched alkanes of at least 4 members (excludes halogenated alkanes) is 3. The van der Waals surface area contributed by atoms with Crippen LogP contribution < -0.4 is 0 Å². The molecule has 2 fully saturated rings.